The highest BCUT2D eigenvalue weighted by Crippen LogP contribution is 2.34. The van der Waals surface area contributed by atoms with Gasteiger partial charge in [-0.05, 0) is 79.9 Å². The fraction of sp³-hybridized carbons (Fsp3) is 0.148. The predicted molar refractivity (Wildman–Crippen MR) is 141 cm³/mol. The van der Waals surface area contributed by atoms with Crippen molar-refractivity contribution in [2.75, 3.05) is 10.6 Å². The molecule has 2 aromatic heterocycles. The molecule has 2 heterocycles. The van der Waals surface area contributed by atoms with Crippen LogP contribution in [0.4, 0.5) is 23.1 Å². The number of aliphatic hydroxyl groups is 1. The molecule has 4 rings (SSSR count). The molecule has 0 amide bonds. The Balaban J connectivity index is 1.73. The molecular formula is C27H23N7OS. The number of aromatic nitrogens is 3. The molecule has 3 N–H and O–H groups in total. The van der Waals surface area contributed by atoms with Crippen molar-refractivity contribution < 1.29 is 5.11 Å². The molecular weight excluding hydrogens is 470 g/mol. The lowest BCUT2D eigenvalue weighted by Crippen LogP contribution is -2.10. The minimum absolute atomic E-state index is 0.331. The Bertz CT molecular complexity index is 1490. The van der Waals surface area contributed by atoms with Gasteiger partial charge in [0.1, 0.15) is 16.9 Å². The lowest BCUT2D eigenvalue weighted by atomic mass is 10.0. The third kappa shape index (κ3) is 5.56. The Morgan fingerprint density at radius 3 is 2.33 bits per heavy atom. The first kappa shape index (κ1) is 24.6. The average Bonchev–Trinajstić information content (AvgIpc) is 3.31. The Morgan fingerprint density at radius 1 is 1.00 bits per heavy atom. The monoisotopic (exact) mass is 493 g/mol. The van der Waals surface area contributed by atoms with Gasteiger partial charge in [-0.25, -0.2) is 9.97 Å². The number of rotatable bonds is 7. The van der Waals surface area contributed by atoms with Crippen LogP contribution in [0.2, 0.25) is 0 Å². The normalized spacial score (nSPS) is 11.6. The third-order valence-corrected chi connectivity index (χ3v) is 6.37. The van der Waals surface area contributed by atoms with Crippen LogP contribution in [-0.4, -0.2) is 20.1 Å². The number of anilines is 4. The van der Waals surface area contributed by atoms with Gasteiger partial charge in [-0.1, -0.05) is 0 Å². The van der Waals surface area contributed by atoms with Crippen molar-refractivity contribution in [3.8, 4) is 12.1 Å². The Kier molecular flexibility index (Phi) is 7.36. The van der Waals surface area contributed by atoms with Crippen molar-refractivity contribution in [1.82, 2.24) is 15.0 Å². The summed E-state index contributed by atoms with van der Waals surface area (Å²) in [6, 6.07) is 15.0. The van der Waals surface area contributed by atoms with Gasteiger partial charge in [-0.2, -0.15) is 15.5 Å². The quantitative estimate of drug-likeness (QED) is 0.274. The maximum atomic E-state index is 11.1. The second kappa shape index (κ2) is 10.8. The third-order valence-electron chi connectivity index (χ3n) is 5.40. The van der Waals surface area contributed by atoms with E-state index >= 15 is 0 Å². The van der Waals surface area contributed by atoms with Gasteiger partial charge in [0.15, 0.2) is 0 Å². The lowest BCUT2D eigenvalue weighted by Gasteiger charge is -2.18. The van der Waals surface area contributed by atoms with E-state index < -0.39 is 6.10 Å². The molecule has 1 atom stereocenters. The molecule has 4 aromatic rings. The zero-order chi connectivity index (χ0) is 25.7. The van der Waals surface area contributed by atoms with E-state index in [9.17, 15) is 5.11 Å². The van der Waals surface area contributed by atoms with Crippen molar-refractivity contribution in [3.63, 3.8) is 0 Å². The van der Waals surface area contributed by atoms with Crippen LogP contribution in [0, 0.1) is 43.4 Å². The summed E-state index contributed by atoms with van der Waals surface area (Å²) in [5, 5.41) is 36.1. The second-order valence-electron chi connectivity index (χ2n) is 8.14. The highest BCUT2D eigenvalue weighted by atomic mass is 32.1. The van der Waals surface area contributed by atoms with E-state index in [0.29, 0.717) is 27.9 Å². The smallest absolute Gasteiger partial charge is 0.229 e. The van der Waals surface area contributed by atoms with E-state index in [1.165, 1.54) is 17.4 Å². The number of hydrogen-bond donors (Lipinski definition) is 3. The Hall–Kier alpha value is -4.57. The first-order valence-electron chi connectivity index (χ1n) is 11.1. The van der Waals surface area contributed by atoms with E-state index in [2.05, 4.69) is 31.7 Å². The molecule has 0 aliphatic carbocycles. The van der Waals surface area contributed by atoms with Gasteiger partial charge in [0.2, 0.25) is 5.95 Å². The van der Waals surface area contributed by atoms with Gasteiger partial charge in [-0.3, -0.25) is 0 Å². The molecule has 8 nitrogen and oxygen atoms in total. The standard InChI is InChI=1S/C27H23N7OS/c1-16-11-20(5-4-10-28)12-17(2)23(16)33-25-22(24(35)26-30-14-18(3)36-26)15-31-27(34-25)32-21-8-6-19(13-29)7-9-21/h4-9,11-12,14-15,24,35H,1-3H3,(H2,31,32,33,34)/b5-4+. The zero-order valence-electron chi connectivity index (χ0n) is 19.9. The van der Waals surface area contributed by atoms with Crippen molar-refractivity contribution in [2.45, 2.75) is 26.9 Å². The van der Waals surface area contributed by atoms with Crippen LogP contribution < -0.4 is 10.6 Å². The van der Waals surface area contributed by atoms with E-state index in [0.717, 1.165) is 32.9 Å². The van der Waals surface area contributed by atoms with Crippen molar-refractivity contribution >= 4 is 40.6 Å². The van der Waals surface area contributed by atoms with Crippen molar-refractivity contribution in [2.24, 2.45) is 0 Å². The lowest BCUT2D eigenvalue weighted by molar-refractivity contribution is 0.219. The summed E-state index contributed by atoms with van der Waals surface area (Å²) in [7, 11) is 0. The maximum absolute atomic E-state index is 11.1. The number of nitriles is 2. The highest BCUT2D eigenvalue weighted by Gasteiger charge is 2.21. The largest absolute Gasteiger partial charge is 0.381 e. The molecule has 0 aliphatic rings. The van der Waals surface area contributed by atoms with Gasteiger partial charge in [0, 0.05) is 40.3 Å². The number of hydrogen-bond acceptors (Lipinski definition) is 9. The van der Waals surface area contributed by atoms with Crippen LogP contribution in [-0.2, 0) is 0 Å². The fourth-order valence-corrected chi connectivity index (χ4v) is 4.46. The minimum Gasteiger partial charge on any atom is -0.381 e. The first-order chi connectivity index (χ1) is 17.4. The summed E-state index contributed by atoms with van der Waals surface area (Å²) >= 11 is 1.41. The first-order valence-corrected chi connectivity index (χ1v) is 11.9. The minimum atomic E-state index is -1.01. The van der Waals surface area contributed by atoms with Crippen LogP contribution in [0.5, 0.6) is 0 Å². The summed E-state index contributed by atoms with van der Waals surface area (Å²) < 4.78 is 0. The highest BCUT2D eigenvalue weighted by molar-refractivity contribution is 7.11. The SMILES string of the molecule is Cc1cnc(C(O)c2cnc(Nc3ccc(C#N)cc3)nc2Nc2c(C)cc(/C=C/C#N)cc2C)s1. The number of nitrogens with zero attached hydrogens (tertiary/aromatic N) is 5. The van der Waals surface area contributed by atoms with Crippen LogP contribution >= 0.6 is 11.3 Å². The molecule has 0 spiro atoms. The molecule has 0 fully saturated rings. The number of aliphatic hydroxyl groups excluding tert-OH is 1. The topological polar surface area (TPSA) is 131 Å². The number of thiazole rings is 1. The molecule has 0 radical (unpaired) electrons. The van der Waals surface area contributed by atoms with E-state index in [1.54, 1.807) is 42.7 Å². The fourth-order valence-electron chi connectivity index (χ4n) is 3.68. The molecule has 0 bridgehead atoms. The van der Waals surface area contributed by atoms with Gasteiger partial charge in [-0.15, -0.1) is 11.3 Å². The summed E-state index contributed by atoms with van der Waals surface area (Å²) in [6.45, 7) is 5.87. The second-order valence-corrected chi connectivity index (χ2v) is 9.41. The van der Waals surface area contributed by atoms with Gasteiger partial charge < -0.3 is 15.7 Å². The van der Waals surface area contributed by atoms with Crippen LogP contribution in [0.15, 0.2) is 54.9 Å². The Morgan fingerprint density at radius 2 is 1.72 bits per heavy atom. The number of nitrogens with one attached hydrogen (secondary N) is 2. The van der Waals surface area contributed by atoms with Gasteiger partial charge in [0.05, 0.1) is 17.7 Å². The van der Waals surface area contributed by atoms with E-state index in [1.807, 2.05) is 39.0 Å². The maximum Gasteiger partial charge on any atom is 0.229 e. The molecule has 1 unspecified atom stereocenters. The molecule has 0 aliphatic heterocycles. The summed E-state index contributed by atoms with van der Waals surface area (Å²) in [4.78, 5) is 14.4. The molecule has 0 saturated heterocycles. The van der Waals surface area contributed by atoms with Crippen molar-refractivity contribution in [1.29, 1.82) is 10.5 Å². The Labute approximate surface area is 213 Å². The molecule has 178 valence electrons. The number of allylic oxidation sites excluding steroid dienone is 1. The van der Waals surface area contributed by atoms with Gasteiger partial charge in [0.25, 0.3) is 0 Å². The van der Waals surface area contributed by atoms with Crippen LogP contribution in [0.25, 0.3) is 6.08 Å². The predicted octanol–water partition coefficient (Wildman–Crippen LogP) is 5.84. The van der Waals surface area contributed by atoms with Crippen LogP contribution in [0.3, 0.4) is 0 Å². The number of aryl methyl sites for hydroxylation is 3. The zero-order valence-corrected chi connectivity index (χ0v) is 20.8. The molecule has 36 heavy (non-hydrogen) atoms. The molecule has 2 aromatic carbocycles. The van der Waals surface area contributed by atoms with E-state index in [-0.39, 0.29) is 0 Å². The van der Waals surface area contributed by atoms with Crippen LogP contribution in [0.1, 0.15) is 43.8 Å². The summed E-state index contributed by atoms with van der Waals surface area (Å²) in [6.07, 6.45) is 5.50. The summed E-state index contributed by atoms with van der Waals surface area (Å²) in [5.74, 6) is 0.769. The molecule has 0 saturated carbocycles. The average molecular weight is 494 g/mol. The number of benzene rings is 2. The van der Waals surface area contributed by atoms with Crippen molar-refractivity contribution in [3.05, 3.63) is 92.6 Å². The summed E-state index contributed by atoms with van der Waals surface area (Å²) in [5.41, 5.74) is 5.45. The molecule has 9 heteroatoms. The van der Waals surface area contributed by atoms with Gasteiger partial charge >= 0.3 is 0 Å². The van der Waals surface area contributed by atoms with E-state index in [4.69, 9.17) is 10.5 Å².